The first kappa shape index (κ1) is 6.10. The Morgan fingerprint density at radius 2 is 2.17 bits per heavy atom. The summed E-state index contributed by atoms with van der Waals surface area (Å²) in [6.07, 6.45) is 0. The Labute approximate surface area is 38.5 Å². The van der Waals surface area contributed by atoms with E-state index in [1.165, 1.54) is 0 Å². The summed E-state index contributed by atoms with van der Waals surface area (Å²) >= 11 is 0. The van der Waals surface area contributed by atoms with Gasteiger partial charge in [0, 0.05) is 0 Å². The fourth-order valence-corrected chi connectivity index (χ4v) is 0.316. The van der Waals surface area contributed by atoms with Crippen LogP contribution in [0.15, 0.2) is 0 Å². The van der Waals surface area contributed by atoms with Crippen molar-refractivity contribution in [3.8, 4) is 0 Å². The van der Waals surface area contributed by atoms with Crippen molar-refractivity contribution in [3.63, 3.8) is 0 Å². The van der Waals surface area contributed by atoms with Crippen LogP contribution >= 0.6 is 0 Å². The maximum Gasteiger partial charge on any atom is 0.256 e. The number of aliphatic hydroxyl groups excluding tert-OH is 1. The molecule has 0 saturated carbocycles. The second kappa shape index (κ2) is 3.29. The quantitative estimate of drug-likeness (QED) is 0.348. The topological polar surface area (TPSA) is 49.7 Å². The van der Waals surface area contributed by atoms with Gasteiger partial charge in [0.2, 0.25) is 9.76 Å². The molecule has 0 saturated heterocycles. The van der Waals surface area contributed by atoms with Crippen molar-refractivity contribution in [2.45, 2.75) is 13.0 Å². The van der Waals surface area contributed by atoms with E-state index in [1.54, 1.807) is 6.55 Å². The Kier molecular flexibility index (Phi) is 3.35. The molecule has 0 amide bonds. The molecule has 0 aliphatic carbocycles. The fourth-order valence-electron chi connectivity index (χ4n) is 0.105. The van der Waals surface area contributed by atoms with Crippen LogP contribution in [0.25, 0.3) is 0 Å². The van der Waals surface area contributed by atoms with Crippen LogP contribution in [-0.2, 0) is 4.43 Å². The van der Waals surface area contributed by atoms with Crippen molar-refractivity contribution < 1.29 is 14.6 Å². The minimum absolute atomic E-state index is 0.138. The number of rotatable bonds is 2. The molecule has 0 aromatic carbocycles. The van der Waals surface area contributed by atoms with E-state index in [0.717, 1.165) is 0 Å². The summed E-state index contributed by atoms with van der Waals surface area (Å²) in [7, 11) is 0.138. The second-order valence-electron chi connectivity index (χ2n) is 0.648. The maximum absolute atomic E-state index is 7.89. The Morgan fingerprint density at radius 3 is 2.17 bits per heavy atom. The van der Waals surface area contributed by atoms with E-state index >= 15 is 0 Å². The first-order valence-corrected chi connectivity index (χ1v) is 2.86. The molecule has 3 nitrogen and oxygen atoms in total. The van der Waals surface area contributed by atoms with Crippen molar-refractivity contribution in [1.82, 2.24) is 0 Å². The molecule has 2 radical (unpaired) electrons. The molecule has 0 bridgehead atoms. The molecule has 4 heteroatoms. The Bertz CT molecular complexity index is 30.0. The smallest absolute Gasteiger partial charge is 0.256 e. The van der Waals surface area contributed by atoms with Gasteiger partial charge in [-0.2, -0.15) is 0 Å². The predicted octanol–water partition coefficient (Wildman–Crippen LogP) is -1.06. The summed E-state index contributed by atoms with van der Waals surface area (Å²) < 4.78 is 4.18. The highest BCUT2D eigenvalue weighted by atomic mass is 28.2. The Hall–Kier alpha value is 0.0969. The molecular weight excluding hydrogens is 100 g/mol. The fraction of sp³-hybridized carbons (Fsp3) is 1.00. The predicted molar refractivity (Wildman–Crippen MR) is 20.9 cm³/mol. The van der Waals surface area contributed by atoms with Crippen molar-refractivity contribution in [1.29, 1.82) is 0 Å². The zero-order chi connectivity index (χ0) is 4.99. The van der Waals surface area contributed by atoms with Crippen molar-refractivity contribution in [2.24, 2.45) is 0 Å². The van der Waals surface area contributed by atoms with Crippen molar-refractivity contribution in [2.75, 3.05) is 0 Å². The summed E-state index contributed by atoms with van der Waals surface area (Å²) in [6, 6.07) is 0. The first-order valence-electron chi connectivity index (χ1n) is 1.46. The van der Waals surface area contributed by atoms with Crippen LogP contribution in [-0.4, -0.2) is 26.5 Å². The molecule has 0 aromatic heterocycles. The molecular formula is C2H6O3Si. The highest BCUT2D eigenvalue weighted by Gasteiger charge is 1.88. The zero-order valence-electron chi connectivity index (χ0n) is 3.38. The van der Waals surface area contributed by atoms with Crippen LogP contribution in [0, 0.1) is 0 Å². The molecule has 0 aliphatic rings. The second-order valence-corrected chi connectivity index (χ2v) is 1.29. The van der Waals surface area contributed by atoms with Crippen LogP contribution in [0.2, 0.25) is 6.55 Å². The van der Waals surface area contributed by atoms with Gasteiger partial charge in [0.05, 0.1) is 0 Å². The minimum atomic E-state index is -1.59. The lowest BCUT2D eigenvalue weighted by Crippen LogP contribution is -2.10. The Morgan fingerprint density at radius 1 is 1.67 bits per heavy atom. The molecule has 0 fully saturated rings. The Balaban J connectivity index is 2.63. The standard InChI is InChI=1S/C2H6O3Si/c1-6-5-2(3)4/h2-4H,1H3. The molecule has 0 unspecified atom stereocenters. The van der Waals surface area contributed by atoms with E-state index in [-0.39, 0.29) is 9.76 Å². The SMILES string of the molecule is C[Si]OC(O)O. The van der Waals surface area contributed by atoms with Crippen LogP contribution in [0.3, 0.4) is 0 Å². The van der Waals surface area contributed by atoms with Gasteiger partial charge in [-0.3, -0.25) is 0 Å². The number of aliphatic hydroxyl groups is 2. The van der Waals surface area contributed by atoms with Crippen LogP contribution in [0.1, 0.15) is 0 Å². The van der Waals surface area contributed by atoms with E-state index in [1.807, 2.05) is 0 Å². The van der Waals surface area contributed by atoms with E-state index in [2.05, 4.69) is 4.43 Å². The van der Waals surface area contributed by atoms with Gasteiger partial charge in [0.1, 0.15) is 0 Å². The maximum atomic E-state index is 7.89. The summed E-state index contributed by atoms with van der Waals surface area (Å²) in [5.74, 6) is 0. The zero-order valence-corrected chi connectivity index (χ0v) is 4.38. The molecule has 0 atom stereocenters. The highest BCUT2D eigenvalue weighted by Crippen LogP contribution is 1.72. The van der Waals surface area contributed by atoms with Crippen LogP contribution < -0.4 is 0 Å². The third-order valence-corrected chi connectivity index (χ3v) is 0.670. The van der Waals surface area contributed by atoms with Crippen LogP contribution in [0.4, 0.5) is 0 Å². The normalized spacial score (nSPS) is 10.0. The molecule has 2 N–H and O–H groups in total. The van der Waals surface area contributed by atoms with Crippen LogP contribution in [0.5, 0.6) is 0 Å². The minimum Gasteiger partial charge on any atom is -0.372 e. The third kappa shape index (κ3) is 4.10. The molecule has 0 aliphatic heterocycles. The van der Waals surface area contributed by atoms with Gasteiger partial charge < -0.3 is 14.6 Å². The van der Waals surface area contributed by atoms with Gasteiger partial charge in [-0.05, 0) is 6.55 Å². The molecule has 36 valence electrons. The van der Waals surface area contributed by atoms with Crippen molar-refractivity contribution in [3.05, 3.63) is 0 Å². The van der Waals surface area contributed by atoms with Gasteiger partial charge in [0.15, 0.2) is 0 Å². The van der Waals surface area contributed by atoms with E-state index in [4.69, 9.17) is 10.2 Å². The lowest BCUT2D eigenvalue weighted by molar-refractivity contribution is -0.179. The molecule has 0 heterocycles. The summed E-state index contributed by atoms with van der Waals surface area (Å²) in [5.41, 5.74) is 0. The van der Waals surface area contributed by atoms with Crippen molar-refractivity contribution >= 4 is 9.76 Å². The van der Waals surface area contributed by atoms with E-state index < -0.39 is 6.48 Å². The molecule has 6 heavy (non-hydrogen) atoms. The lowest BCUT2D eigenvalue weighted by Gasteiger charge is -1.97. The highest BCUT2D eigenvalue weighted by molar-refractivity contribution is 6.24. The molecule has 0 rings (SSSR count). The molecule has 0 spiro atoms. The first-order chi connectivity index (χ1) is 2.77. The summed E-state index contributed by atoms with van der Waals surface area (Å²) in [5, 5.41) is 15.8. The van der Waals surface area contributed by atoms with Gasteiger partial charge in [0.25, 0.3) is 6.48 Å². The lowest BCUT2D eigenvalue weighted by atomic mass is 11.4. The number of hydrogen-bond donors (Lipinski definition) is 2. The average Bonchev–Trinajstić information content (AvgIpc) is 1.35. The van der Waals surface area contributed by atoms with Gasteiger partial charge in [-0.15, -0.1) is 0 Å². The third-order valence-electron chi connectivity index (χ3n) is 0.223. The van der Waals surface area contributed by atoms with E-state index in [9.17, 15) is 0 Å². The molecule has 0 aromatic rings. The number of hydrogen-bond acceptors (Lipinski definition) is 3. The average molecular weight is 106 g/mol. The van der Waals surface area contributed by atoms with Gasteiger partial charge in [-0.25, -0.2) is 0 Å². The summed E-state index contributed by atoms with van der Waals surface area (Å²) in [4.78, 5) is 0. The monoisotopic (exact) mass is 106 g/mol. The van der Waals surface area contributed by atoms with Gasteiger partial charge in [-0.1, -0.05) is 0 Å². The van der Waals surface area contributed by atoms with Gasteiger partial charge >= 0.3 is 0 Å². The summed E-state index contributed by atoms with van der Waals surface area (Å²) in [6.45, 7) is 0.118. The van der Waals surface area contributed by atoms with E-state index in [0.29, 0.717) is 0 Å². The largest absolute Gasteiger partial charge is 0.372 e.